The van der Waals surface area contributed by atoms with Crippen molar-refractivity contribution in [2.45, 2.75) is 38.5 Å². The average molecular weight is 282 g/mol. The topological polar surface area (TPSA) is 72.2 Å². The SMILES string of the molecule is NCCCCCCNC(=O)CCC(=O)c1cccs1. The van der Waals surface area contributed by atoms with Crippen molar-refractivity contribution in [3.05, 3.63) is 22.4 Å². The molecule has 0 radical (unpaired) electrons. The summed E-state index contributed by atoms with van der Waals surface area (Å²) in [5.74, 6) is 0.0110. The Labute approximate surface area is 118 Å². The van der Waals surface area contributed by atoms with Gasteiger partial charge in [0.2, 0.25) is 5.91 Å². The van der Waals surface area contributed by atoms with E-state index in [0.717, 1.165) is 37.1 Å². The van der Waals surface area contributed by atoms with Gasteiger partial charge in [0.15, 0.2) is 5.78 Å². The molecule has 4 nitrogen and oxygen atoms in total. The van der Waals surface area contributed by atoms with E-state index < -0.39 is 0 Å². The smallest absolute Gasteiger partial charge is 0.220 e. The highest BCUT2D eigenvalue weighted by atomic mass is 32.1. The first-order valence-electron chi connectivity index (χ1n) is 6.77. The van der Waals surface area contributed by atoms with Crippen molar-refractivity contribution < 1.29 is 9.59 Å². The van der Waals surface area contributed by atoms with E-state index in [-0.39, 0.29) is 18.1 Å². The molecule has 0 bridgehead atoms. The zero-order valence-electron chi connectivity index (χ0n) is 11.2. The fourth-order valence-electron chi connectivity index (χ4n) is 1.73. The first kappa shape index (κ1) is 15.9. The Morgan fingerprint density at radius 1 is 1.16 bits per heavy atom. The summed E-state index contributed by atoms with van der Waals surface area (Å²) >= 11 is 1.42. The van der Waals surface area contributed by atoms with Crippen molar-refractivity contribution in [3.63, 3.8) is 0 Å². The van der Waals surface area contributed by atoms with Gasteiger partial charge in [-0.15, -0.1) is 11.3 Å². The van der Waals surface area contributed by atoms with Gasteiger partial charge in [-0.1, -0.05) is 18.9 Å². The van der Waals surface area contributed by atoms with Crippen molar-refractivity contribution in [1.82, 2.24) is 5.32 Å². The maximum atomic E-state index is 11.7. The second kappa shape index (κ2) is 9.69. The Morgan fingerprint density at radius 3 is 2.63 bits per heavy atom. The lowest BCUT2D eigenvalue weighted by Crippen LogP contribution is -2.24. The Hall–Kier alpha value is -1.20. The minimum atomic E-state index is -0.0382. The summed E-state index contributed by atoms with van der Waals surface area (Å²) in [6.07, 6.45) is 4.79. The van der Waals surface area contributed by atoms with E-state index in [1.54, 1.807) is 6.07 Å². The monoisotopic (exact) mass is 282 g/mol. The maximum absolute atomic E-state index is 11.7. The van der Waals surface area contributed by atoms with Gasteiger partial charge in [-0.3, -0.25) is 9.59 Å². The highest BCUT2D eigenvalue weighted by Gasteiger charge is 2.09. The number of Topliss-reactive ketones (excluding diaryl/α,β-unsaturated/α-hetero) is 1. The van der Waals surface area contributed by atoms with Crippen LogP contribution in [0.15, 0.2) is 17.5 Å². The van der Waals surface area contributed by atoms with E-state index >= 15 is 0 Å². The molecule has 0 aliphatic carbocycles. The molecule has 0 aromatic carbocycles. The number of nitrogens with one attached hydrogen (secondary N) is 1. The third-order valence-electron chi connectivity index (χ3n) is 2.83. The van der Waals surface area contributed by atoms with Crippen LogP contribution in [0.5, 0.6) is 0 Å². The van der Waals surface area contributed by atoms with Crippen LogP contribution >= 0.6 is 11.3 Å². The summed E-state index contributed by atoms with van der Waals surface area (Å²) < 4.78 is 0. The summed E-state index contributed by atoms with van der Waals surface area (Å²) in [4.78, 5) is 23.9. The number of hydrogen-bond acceptors (Lipinski definition) is 4. The van der Waals surface area contributed by atoms with Gasteiger partial charge in [-0.2, -0.15) is 0 Å². The van der Waals surface area contributed by atoms with Gasteiger partial charge in [0.1, 0.15) is 0 Å². The van der Waals surface area contributed by atoms with Gasteiger partial charge in [0.05, 0.1) is 4.88 Å². The zero-order valence-corrected chi connectivity index (χ0v) is 12.0. The van der Waals surface area contributed by atoms with Crippen LogP contribution < -0.4 is 11.1 Å². The second-order valence-corrected chi connectivity index (χ2v) is 5.40. The second-order valence-electron chi connectivity index (χ2n) is 4.45. The van der Waals surface area contributed by atoms with Crippen molar-refractivity contribution >= 4 is 23.0 Å². The van der Waals surface area contributed by atoms with Crippen LogP contribution in [0.4, 0.5) is 0 Å². The molecule has 3 N–H and O–H groups in total. The van der Waals surface area contributed by atoms with Crippen LogP contribution in [0.1, 0.15) is 48.2 Å². The predicted octanol–water partition coefficient (Wildman–Crippen LogP) is 2.35. The largest absolute Gasteiger partial charge is 0.356 e. The average Bonchev–Trinajstić information content (AvgIpc) is 2.94. The maximum Gasteiger partial charge on any atom is 0.220 e. The molecule has 5 heteroatoms. The quantitative estimate of drug-likeness (QED) is 0.511. The molecular weight excluding hydrogens is 260 g/mol. The van der Waals surface area contributed by atoms with Crippen LogP contribution in [0.2, 0.25) is 0 Å². The third kappa shape index (κ3) is 7.08. The van der Waals surface area contributed by atoms with Crippen molar-refractivity contribution in [1.29, 1.82) is 0 Å². The molecule has 0 atom stereocenters. The van der Waals surface area contributed by atoms with E-state index in [1.165, 1.54) is 11.3 Å². The van der Waals surface area contributed by atoms with Crippen LogP contribution in [0, 0.1) is 0 Å². The lowest BCUT2D eigenvalue weighted by atomic mass is 10.1. The summed E-state index contributed by atoms with van der Waals surface area (Å²) in [5, 5.41) is 4.71. The summed E-state index contributed by atoms with van der Waals surface area (Å²) in [7, 11) is 0. The summed E-state index contributed by atoms with van der Waals surface area (Å²) in [5.41, 5.74) is 5.40. The molecule has 1 amide bonds. The lowest BCUT2D eigenvalue weighted by Gasteiger charge is -2.04. The minimum absolute atomic E-state index is 0.0382. The van der Waals surface area contributed by atoms with Crippen molar-refractivity contribution in [2.24, 2.45) is 5.73 Å². The Bertz CT molecular complexity index is 377. The summed E-state index contributed by atoms with van der Waals surface area (Å²) in [6, 6.07) is 3.64. The van der Waals surface area contributed by atoms with Crippen LogP contribution in [0.25, 0.3) is 0 Å². The molecule has 0 unspecified atom stereocenters. The molecule has 0 saturated carbocycles. The molecule has 19 heavy (non-hydrogen) atoms. The van der Waals surface area contributed by atoms with Crippen molar-refractivity contribution in [3.8, 4) is 0 Å². The fraction of sp³-hybridized carbons (Fsp3) is 0.571. The van der Waals surface area contributed by atoms with Gasteiger partial charge in [0.25, 0.3) is 0 Å². The molecule has 0 spiro atoms. The Morgan fingerprint density at radius 2 is 1.95 bits per heavy atom. The number of thiophene rings is 1. The van der Waals surface area contributed by atoms with Crippen LogP contribution in [-0.4, -0.2) is 24.8 Å². The molecule has 106 valence electrons. The van der Waals surface area contributed by atoms with E-state index in [9.17, 15) is 9.59 Å². The number of rotatable bonds is 10. The first-order chi connectivity index (χ1) is 9.24. The number of amides is 1. The van der Waals surface area contributed by atoms with Gasteiger partial charge >= 0.3 is 0 Å². The molecule has 0 aliphatic heterocycles. The van der Waals surface area contributed by atoms with E-state index in [0.29, 0.717) is 13.0 Å². The number of ketones is 1. The summed E-state index contributed by atoms with van der Waals surface area (Å²) in [6.45, 7) is 1.42. The zero-order chi connectivity index (χ0) is 13.9. The number of carbonyl (C=O) groups is 2. The van der Waals surface area contributed by atoms with E-state index in [2.05, 4.69) is 5.32 Å². The number of nitrogens with two attached hydrogens (primary N) is 1. The normalized spacial score (nSPS) is 10.4. The predicted molar refractivity (Wildman–Crippen MR) is 78.4 cm³/mol. The molecule has 1 aromatic rings. The van der Waals surface area contributed by atoms with Gasteiger partial charge < -0.3 is 11.1 Å². The standard InChI is InChI=1S/C14H22N2O2S/c15-9-3-1-2-4-10-16-14(18)8-7-12(17)13-6-5-11-19-13/h5-6,11H,1-4,7-10,15H2,(H,16,18). The number of carbonyl (C=O) groups excluding carboxylic acids is 2. The Balaban J connectivity index is 2.03. The Kier molecular flexibility index (Phi) is 8.09. The van der Waals surface area contributed by atoms with E-state index in [1.807, 2.05) is 11.4 Å². The molecule has 0 aliphatic rings. The van der Waals surface area contributed by atoms with Gasteiger partial charge in [-0.05, 0) is 30.8 Å². The fourth-order valence-corrected chi connectivity index (χ4v) is 2.42. The molecule has 1 heterocycles. The lowest BCUT2D eigenvalue weighted by molar-refractivity contribution is -0.121. The molecule has 0 saturated heterocycles. The van der Waals surface area contributed by atoms with Crippen LogP contribution in [-0.2, 0) is 4.79 Å². The first-order valence-corrected chi connectivity index (χ1v) is 7.65. The van der Waals surface area contributed by atoms with Crippen molar-refractivity contribution in [2.75, 3.05) is 13.1 Å². The van der Waals surface area contributed by atoms with Gasteiger partial charge in [0, 0.05) is 19.4 Å². The molecule has 1 rings (SSSR count). The number of hydrogen-bond donors (Lipinski definition) is 2. The highest BCUT2D eigenvalue weighted by molar-refractivity contribution is 7.12. The number of unbranched alkanes of at least 4 members (excludes halogenated alkanes) is 3. The minimum Gasteiger partial charge on any atom is -0.356 e. The van der Waals surface area contributed by atoms with E-state index in [4.69, 9.17) is 5.73 Å². The molecule has 1 aromatic heterocycles. The molecular formula is C14H22N2O2S. The van der Waals surface area contributed by atoms with Crippen LogP contribution in [0.3, 0.4) is 0 Å². The van der Waals surface area contributed by atoms with Gasteiger partial charge in [-0.25, -0.2) is 0 Å². The molecule has 0 fully saturated rings. The third-order valence-corrected chi connectivity index (χ3v) is 3.74. The highest BCUT2D eigenvalue weighted by Crippen LogP contribution is 2.12.